The van der Waals surface area contributed by atoms with Crippen LogP contribution < -0.4 is 9.47 Å². The Morgan fingerprint density at radius 1 is 0.708 bits per heavy atom. The van der Waals surface area contributed by atoms with E-state index in [0.29, 0.717) is 0 Å². The maximum Gasteiger partial charge on any atom is 0.343 e. The molecule has 0 fully saturated rings. The largest absolute Gasteiger partial charge is 0.425 e. The van der Waals surface area contributed by atoms with E-state index in [1.54, 1.807) is 24.3 Å². The lowest BCUT2D eigenvalue weighted by atomic mass is 10.2. The zero-order chi connectivity index (χ0) is 17.7. The minimum atomic E-state index is -2.07. The number of hydrogen-bond acceptors (Lipinski definition) is 6. The molecule has 2 atom stereocenters. The van der Waals surface area contributed by atoms with Gasteiger partial charge in [0.15, 0.2) is 12.2 Å². The Balaban J connectivity index is 1.95. The fourth-order valence-corrected chi connectivity index (χ4v) is 2.14. The maximum atomic E-state index is 11.8. The van der Waals surface area contributed by atoms with Gasteiger partial charge in [0.25, 0.3) is 0 Å². The highest BCUT2D eigenvalue weighted by Gasteiger charge is 2.33. The predicted octanol–water partition coefficient (Wildman–Crippen LogP) is 2.44. The Morgan fingerprint density at radius 3 is 1.29 bits per heavy atom. The van der Waals surface area contributed by atoms with Gasteiger partial charge in [-0.15, -0.1) is 0 Å². The maximum absolute atomic E-state index is 11.8. The Labute approximate surface area is 154 Å². The van der Waals surface area contributed by atoms with Crippen LogP contribution in [0, 0.1) is 0 Å². The summed E-state index contributed by atoms with van der Waals surface area (Å²) >= 11 is 6.45. The molecule has 24 heavy (non-hydrogen) atoms. The van der Waals surface area contributed by atoms with Crippen LogP contribution in [0.1, 0.15) is 0 Å². The molecule has 0 aliphatic rings. The number of benzene rings is 2. The molecule has 0 aliphatic heterocycles. The van der Waals surface area contributed by atoms with Crippen molar-refractivity contribution >= 4 is 43.8 Å². The van der Waals surface area contributed by atoms with E-state index in [4.69, 9.17) is 9.47 Å². The van der Waals surface area contributed by atoms with Crippen molar-refractivity contribution in [3.05, 3.63) is 57.5 Å². The van der Waals surface area contributed by atoms with Crippen molar-refractivity contribution in [3.8, 4) is 11.5 Å². The van der Waals surface area contributed by atoms with E-state index < -0.39 is 24.1 Å². The van der Waals surface area contributed by atoms with Crippen LogP contribution in [0.4, 0.5) is 0 Å². The SMILES string of the molecule is O=C(Oc1ccc(Br)cc1)[C@H](O)[C@@H](O)C(=O)Oc1ccc(Br)cc1. The fourth-order valence-electron chi connectivity index (χ4n) is 1.62. The van der Waals surface area contributed by atoms with Gasteiger partial charge in [0.2, 0.25) is 0 Å². The molecule has 0 amide bonds. The average Bonchev–Trinajstić information content (AvgIpc) is 2.57. The van der Waals surface area contributed by atoms with Gasteiger partial charge < -0.3 is 19.7 Å². The molecule has 0 aromatic heterocycles. The van der Waals surface area contributed by atoms with Gasteiger partial charge in [0.1, 0.15) is 11.5 Å². The number of carbonyl (C=O) groups excluding carboxylic acids is 2. The lowest BCUT2D eigenvalue weighted by Crippen LogP contribution is -2.43. The summed E-state index contributed by atoms with van der Waals surface area (Å²) < 4.78 is 11.3. The van der Waals surface area contributed by atoms with Crippen LogP contribution in [-0.2, 0) is 9.59 Å². The van der Waals surface area contributed by atoms with Crippen molar-refractivity contribution in [3.63, 3.8) is 0 Å². The van der Waals surface area contributed by atoms with Crippen molar-refractivity contribution in [2.45, 2.75) is 12.2 Å². The van der Waals surface area contributed by atoms with Crippen LogP contribution in [0.3, 0.4) is 0 Å². The molecule has 0 aliphatic carbocycles. The second-order valence-corrected chi connectivity index (χ2v) is 6.47. The molecule has 2 aromatic rings. The second kappa shape index (κ2) is 8.39. The first-order chi connectivity index (χ1) is 11.4. The minimum Gasteiger partial charge on any atom is -0.425 e. The number of carbonyl (C=O) groups is 2. The zero-order valence-corrected chi connectivity index (χ0v) is 15.2. The molecule has 0 radical (unpaired) electrons. The topological polar surface area (TPSA) is 93.1 Å². The molecule has 0 unspecified atom stereocenters. The lowest BCUT2D eigenvalue weighted by Gasteiger charge is -2.15. The van der Waals surface area contributed by atoms with Gasteiger partial charge in [-0.2, -0.15) is 0 Å². The molecule has 2 N–H and O–H groups in total. The number of halogens is 2. The highest BCUT2D eigenvalue weighted by molar-refractivity contribution is 9.10. The number of ether oxygens (including phenoxy) is 2. The molecule has 0 spiro atoms. The number of aliphatic hydroxyl groups is 2. The van der Waals surface area contributed by atoms with Crippen LogP contribution in [0.25, 0.3) is 0 Å². The molecule has 2 aromatic carbocycles. The van der Waals surface area contributed by atoms with Crippen molar-refractivity contribution in [2.75, 3.05) is 0 Å². The van der Waals surface area contributed by atoms with E-state index in [1.807, 2.05) is 0 Å². The van der Waals surface area contributed by atoms with E-state index in [9.17, 15) is 19.8 Å². The first-order valence-electron chi connectivity index (χ1n) is 6.67. The van der Waals surface area contributed by atoms with Crippen molar-refractivity contribution in [2.24, 2.45) is 0 Å². The summed E-state index contributed by atoms with van der Waals surface area (Å²) in [6.07, 6.45) is -4.15. The third-order valence-electron chi connectivity index (χ3n) is 2.85. The van der Waals surface area contributed by atoms with Crippen LogP contribution in [0.2, 0.25) is 0 Å². The van der Waals surface area contributed by atoms with Gasteiger partial charge in [-0.1, -0.05) is 31.9 Å². The van der Waals surface area contributed by atoms with Gasteiger partial charge in [-0.25, -0.2) is 9.59 Å². The Kier molecular flexibility index (Phi) is 6.50. The normalized spacial score (nSPS) is 13.0. The Bertz CT molecular complexity index is 651. The molecule has 6 nitrogen and oxygen atoms in total. The number of esters is 2. The van der Waals surface area contributed by atoms with Gasteiger partial charge >= 0.3 is 11.9 Å². The fraction of sp³-hybridized carbons (Fsp3) is 0.125. The van der Waals surface area contributed by atoms with E-state index in [2.05, 4.69) is 31.9 Å². The van der Waals surface area contributed by atoms with E-state index in [-0.39, 0.29) is 11.5 Å². The summed E-state index contributed by atoms with van der Waals surface area (Å²) in [5.74, 6) is -2.01. The summed E-state index contributed by atoms with van der Waals surface area (Å²) in [7, 11) is 0. The molecule has 2 rings (SSSR count). The van der Waals surface area contributed by atoms with Gasteiger partial charge in [0, 0.05) is 8.95 Å². The van der Waals surface area contributed by atoms with Gasteiger partial charge in [-0.3, -0.25) is 0 Å². The van der Waals surface area contributed by atoms with Crippen LogP contribution >= 0.6 is 31.9 Å². The van der Waals surface area contributed by atoms with Crippen molar-refractivity contribution < 1.29 is 29.3 Å². The molecule has 0 saturated carbocycles. The van der Waals surface area contributed by atoms with Crippen LogP contribution in [0.5, 0.6) is 11.5 Å². The summed E-state index contributed by atoms with van der Waals surface area (Å²) in [5.41, 5.74) is 0. The summed E-state index contributed by atoms with van der Waals surface area (Å²) in [5, 5.41) is 19.5. The number of hydrogen-bond donors (Lipinski definition) is 2. The van der Waals surface area contributed by atoms with Crippen LogP contribution in [-0.4, -0.2) is 34.4 Å². The second-order valence-electron chi connectivity index (χ2n) is 4.64. The van der Waals surface area contributed by atoms with Crippen LogP contribution in [0.15, 0.2) is 57.5 Å². The van der Waals surface area contributed by atoms with E-state index in [0.717, 1.165) is 8.95 Å². The van der Waals surface area contributed by atoms with Gasteiger partial charge in [-0.05, 0) is 48.5 Å². The predicted molar refractivity (Wildman–Crippen MR) is 91.6 cm³/mol. The lowest BCUT2D eigenvalue weighted by molar-refractivity contribution is -0.162. The summed E-state index contributed by atoms with van der Waals surface area (Å²) in [6, 6.07) is 12.5. The first-order valence-corrected chi connectivity index (χ1v) is 8.26. The molecule has 0 bridgehead atoms. The molecular weight excluding hydrogens is 448 g/mol. The molecule has 0 saturated heterocycles. The molecule has 0 heterocycles. The summed E-state index contributed by atoms with van der Waals surface area (Å²) in [6.45, 7) is 0. The highest BCUT2D eigenvalue weighted by atomic mass is 79.9. The van der Waals surface area contributed by atoms with Crippen molar-refractivity contribution in [1.29, 1.82) is 0 Å². The monoisotopic (exact) mass is 458 g/mol. The van der Waals surface area contributed by atoms with E-state index in [1.165, 1.54) is 24.3 Å². The first kappa shape index (κ1) is 18.6. The number of aliphatic hydroxyl groups excluding tert-OH is 2. The molecular formula is C16H12Br2O6. The molecule has 8 heteroatoms. The minimum absolute atomic E-state index is 0.163. The quantitative estimate of drug-likeness (QED) is 0.527. The molecule has 126 valence electrons. The van der Waals surface area contributed by atoms with E-state index >= 15 is 0 Å². The third-order valence-corrected chi connectivity index (χ3v) is 3.90. The Hall–Kier alpha value is -1.74. The zero-order valence-electron chi connectivity index (χ0n) is 12.1. The highest BCUT2D eigenvalue weighted by Crippen LogP contribution is 2.18. The third kappa shape index (κ3) is 5.13. The Morgan fingerprint density at radius 2 is 1.00 bits per heavy atom. The number of rotatable bonds is 5. The standard InChI is InChI=1S/C16H12Br2O6/c17-9-1-5-11(6-2-9)23-15(21)13(19)14(20)16(22)24-12-7-3-10(18)4-8-12/h1-8,13-14,19-20H/t13-,14-/m1/s1. The summed E-state index contributed by atoms with van der Waals surface area (Å²) in [4.78, 5) is 23.6. The average molecular weight is 460 g/mol. The van der Waals surface area contributed by atoms with Gasteiger partial charge in [0.05, 0.1) is 0 Å². The smallest absolute Gasteiger partial charge is 0.343 e. The van der Waals surface area contributed by atoms with Crippen molar-refractivity contribution in [1.82, 2.24) is 0 Å².